The first-order valence-corrected chi connectivity index (χ1v) is 7.98. The number of nitrogens with zero attached hydrogens (tertiary/aromatic N) is 2. The largest absolute Gasteiger partial charge is 0.317 e. The molecule has 0 saturated heterocycles. The molecule has 1 aliphatic rings. The molecule has 0 amide bonds. The molecule has 0 spiro atoms. The van der Waals surface area contributed by atoms with E-state index in [0.717, 1.165) is 18.1 Å². The van der Waals surface area contributed by atoms with E-state index in [1.165, 1.54) is 36.6 Å². The van der Waals surface area contributed by atoms with E-state index in [4.69, 9.17) is 0 Å². The van der Waals surface area contributed by atoms with Crippen LogP contribution in [0.3, 0.4) is 0 Å². The molecule has 0 atom stereocenters. The molecular weight excluding hydrogens is 258 g/mol. The van der Waals surface area contributed by atoms with Gasteiger partial charge in [0, 0.05) is 30.2 Å². The maximum absolute atomic E-state index is 4.46. The van der Waals surface area contributed by atoms with Crippen LogP contribution in [0, 0.1) is 0 Å². The Bertz CT molecular complexity index is 583. The van der Waals surface area contributed by atoms with Crippen molar-refractivity contribution < 1.29 is 0 Å². The number of para-hydroxylation sites is 1. The second-order valence-corrected chi connectivity index (χ2v) is 6.20. The second kappa shape index (κ2) is 6.54. The summed E-state index contributed by atoms with van der Waals surface area (Å²) in [5, 5.41) is 4.70. The maximum Gasteiger partial charge on any atom is 0.0705 e. The van der Waals surface area contributed by atoms with Crippen molar-refractivity contribution in [1.82, 2.24) is 15.2 Å². The second-order valence-electron chi connectivity index (χ2n) is 6.20. The minimum absolute atomic E-state index is 0.710. The summed E-state index contributed by atoms with van der Waals surface area (Å²) in [5.74, 6) is 0. The molecule has 1 N–H and O–H groups in total. The Morgan fingerprint density at radius 1 is 1.14 bits per heavy atom. The number of hydrogen-bond donors (Lipinski definition) is 1. The number of hydrogen-bond acceptors (Lipinski definition) is 3. The summed E-state index contributed by atoms with van der Waals surface area (Å²) in [6.45, 7) is 1.01. The molecule has 1 heterocycles. The molecular formula is C18H25N3. The minimum Gasteiger partial charge on any atom is -0.317 e. The van der Waals surface area contributed by atoms with Crippen LogP contribution in [0.15, 0.2) is 36.5 Å². The van der Waals surface area contributed by atoms with E-state index in [0.29, 0.717) is 6.04 Å². The van der Waals surface area contributed by atoms with Crippen LogP contribution in [0.1, 0.15) is 31.2 Å². The molecule has 3 rings (SSSR count). The number of benzene rings is 1. The summed E-state index contributed by atoms with van der Waals surface area (Å²) in [7, 11) is 4.34. The molecule has 1 saturated carbocycles. The van der Waals surface area contributed by atoms with Crippen LogP contribution in [0.5, 0.6) is 0 Å². The van der Waals surface area contributed by atoms with Gasteiger partial charge in [-0.15, -0.1) is 0 Å². The standard InChI is InChI=1S/C18H25N3/c1-19-15-7-9-16(10-8-15)21(2)13-14-11-12-20-18-6-4-3-5-17(14)18/h3-6,11-12,15-16,19H,7-10,13H2,1-2H3. The molecule has 112 valence electrons. The van der Waals surface area contributed by atoms with Gasteiger partial charge in [-0.25, -0.2) is 0 Å². The number of pyridine rings is 1. The molecule has 0 bridgehead atoms. The highest BCUT2D eigenvalue weighted by atomic mass is 15.1. The van der Waals surface area contributed by atoms with Gasteiger partial charge in [0.15, 0.2) is 0 Å². The first kappa shape index (κ1) is 14.5. The smallest absolute Gasteiger partial charge is 0.0705 e. The van der Waals surface area contributed by atoms with Crippen LogP contribution in [0.4, 0.5) is 0 Å². The molecule has 0 unspecified atom stereocenters. The molecule has 1 aromatic carbocycles. The van der Waals surface area contributed by atoms with E-state index < -0.39 is 0 Å². The fourth-order valence-corrected chi connectivity index (χ4v) is 3.50. The van der Waals surface area contributed by atoms with Crippen LogP contribution in [0.25, 0.3) is 10.9 Å². The van der Waals surface area contributed by atoms with Crippen LogP contribution in [-0.4, -0.2) is 36.1 Å². The van der Waals surface area contributed by atoms with E-state index >= 15 is 0 Å². The van der Waals surface area contributed by atoms with Gasteiger partial charge in [-0.05, 0) is 57.5 Å². The molecule has 3 heteroatoms. The number of aromatic nitrogens is 1. The molecule has 1 aliphatic carbocycles. The van der Waals surface area contributed by atoms with Crippen molar-refractivity contribution in [3.8, 4) is 0 Å². The highest BCUT2D eigenvalue weighted by molar-refractivity contribution is 5.81. The number of fused-ring (bicyclic) bond motifs is 1. The Kier molecular flexibility index (Phi) is 4.51. The quantitative estimate of drug-likeness (QED) is 0.934. The van der Waals surface area contributed by atoms with Crippen molar-refractivity contribution in [2.75, 3.05) is 14.1 Å². The number of nitrogens with one attached hydrogen (secondary N) is 1. The summed E-state index contributed by atoms with van der Waals surface area (Å²) in [5.41, 5.74) is 2.49. The lowest BCUT2D eigenvalue weighted by atomic mass is 9.90. The lowest BCUT2D eigenvalue weighted by Crippen LogP contribution is -2.39. The van der Waals surface area contributed by atoms with Gasteiger partial charge in [0.1, 0.15) is 0 Å². The molecule has 3 nitrogen and oxygen atoms in total. The van der Waals surface area contributed by atoms with Gasteiger partial charge in [-0.3, -0.25) is 9.88 Å². The normalized spacial score (nSPS) is 22.8. The highest BCUT2D eigenvalue weighted by Crippen LogP contribution is 2.25. The van der Waals surface area contributed by atoms with Gasteiger partial charge in [0.05, 0.1) is 5.52 Å². The van der Waals surface area contributed by atoms with E-state index in [-0.39, 0.29) is 0 Å². The Labute approximate surface area is 127 Å². The van der Waals surface area contributed by atoms with Crippen LogP contribution >= 0.6 is 0 Å². The van der Waals surface area contributed by atoms with E-state index in [2.05, 4.69) is 59.6 Å². The van der Waals surface area contributed by atoms with Crippen molar-refractivity contribution in [3.05, 3.63) is 42.1 Å². The fraction of sp³-hybridized carbons (Fsp3) is 0.500. The fourth-order valence-electron chi connectivity index (χ4n) is 3.50. The molecule has 1 aromatic heterocycles. The molecule has 21 heavy (non-hydrogen) atoms. The summed E-state index contributed by atoms with van der Waals surface area (Å²) in [4.78, 5) is 6.98. The monoisotopic (exact) mass is 283 g/mol. The van der Waals surface area contributed by atoms with Crippen molar-refractivity contribution in [2.45, 2.75) is 44.3 Å². The predicted molar refractivity (Wildman–Crippen MR) is 88.3 cm³/mol. The van der Waals surface area contributed by atoms with Crippen molar-refractivity contribution in [3.63, 3.8) is 0 Å². The van der Waals surface area contributed by atoms with E-state index in [9.17, 15) is 0 Å². The Hall–Kier alpha value is -1.45. The molecule has 0 radical (unpaired) electrons. The van der Waals surface area contributed by atoms with Gasteiger partial charge >= 0.3 is 0 Å². The van der Waals surface area contributed by atoms with E-state index in [1.807, 2.05) is 6.20 Å². The third kappa shape index (κ3) is 3.25. The van der Waals surface area contributed by atoms with Crippen LogP contribution in [0.2, 0.25) is 0 Å². The molecule has 1 fully saturated rings. The average molecular weight is 283 g/mol. The minimum atomic E-state index is 0.710. The highest BCUT2D eigenvalue weighted by Gasteiger charge is 2.23. The summed E-state index contributed by atoms with van der Waals surface area (Å²) in [6, 6.07) is 12.0. The third-order valence-corrected chi connectivity index (χ3v) is 4.89. The van der Waals surface area contributed by atoms with Gasteiger partial charge in [0.25, 0.3) is 0 Å². The Morgan fingerprint density at radius 2 is 1.90 bits per heavy atom. The van der Waals surface area contributed by atoms with Crippen molar-refractivity contribution in [1.29, 1.82) is 0 Å². The van der Waals surface area contributed by atoms with Gasteiger partial charge in [-0.1, -0.05) is 18.2 Å². The van der Waals surface area contributed by atoms with E-state index in [1.54, 1.807) is 0 Å². The zero-order chi connectivity index (χ0) is 14.7. The SMILES string of the molecule is CNC1CCC(N(C)Cc2ccnc3ccccc23)CC1. The summed E-state index contributed by atoms with van der Waals surface area (Å²) >= 11 is 0. The summed E-state index contributed by atoms with van der Waals surface area (Å²) in [6.07, 6.45) is 7.12. The third-order valence-electron chi connectivity index (χ3n) is 4.89. The van der Waals surface area contributed by atoms with Crippen molar-refractivity contribution >= 4 is 10.9 Å². The Balaban J connectivity index is 1.70. The zero-order valence-corrected chi connectivity index (χ0v) is 13.0. The molecule has 0 aliphatic heterocycles. The summed E-state index contributed by atoms with van der Waals surface area (Å²) < 4.78 is 0. The lowest BCUT2D eigenvalue weighted by molar-refractivity contribution is 0.170. The van der Waals surface area contributed by atoms with Crippen LogP contribution in [-0.2, 0) is 6.54 Å². The topological polar surface area (TPSA) is 28.2 Å². The molecule has 2 aromatic rings. The first-order chi connectivity index (χ1) is 10.3. The predicted octanol–water partition coefficient (Wildman–Crippen LogP) is 3.20. The van der Waals surface area contributed by atoms with Gasteiger partial charge < -0.3 is 5.32 Å². The maximum atomic E-state index is 4.46. The van der Waals surface area contributed by atoms with Gasteiger partial charge in [-0.2, -0.15) is 0 Å². The number of rotatable bonds is 4. The van der Waals surface area contributed by atoms with Crippen molar-refractivity contribution in [2.24, 2.45) is 0 Å². The lowest BCUT2D eigenvalue weighted by Gasteiger charge is -2.34. The van der Waals surface area contributed by atoms with Crippen LogP contribution < -0.4 is 5.32 Å². The average Bonchev–Trinajstić information content (AvgIpc) is 2.55. The zero-order valence-electron chi connectivity index (χ0n) is 13.0. The first-order valence-electron chi connectivity index (χ1n) is 7.98. The Morgan fingerprint density at radius 3 is 2.67 bits per heavy atom. The van der Waals surface area contributed by atoms with Gasteiger partial charge in [0.2, 0.25) is 0 Å².